The summed E-state index contributed by atoms with van der Waals surface area (Å²) in [6.07, 6.45) is 1.47. The van der Waals surface area contributed by atoms with Gasteiger partial charge in [-0.3, -0.25) is 0 Å². The van der Waals surface area contributed by atoms with E-state index in [9.17, 15) is 21.6 Å². The zero-order valence-corrected chi connectivity index (χ0v) is 15.2. The van der Waals surface area contributed by atoms with Crippen LogP contribution in [0.1, 0.15) is 5.56 Å². The lowest BCUT2D eigenvalue weighted by Crippen LogP contribution is -2.26. The molecule has 0 fully saturated rings. The van der Waals surface area contributed by atoms with Gasteiger partial charge in [-0.1, -0.05) is 18.2 Å². The number of fused-ring (bicyclic) bond motifs is 1. The zero-order valence-electron chi connectivity index (χ0n) is 12.5. The van der Waals surface area contributed by atoms with Crippen molar-refractivity contribution in [3.05, 3.63) is 35.9 Å². The Morgan fingerprint density at radius 3 is 2.30 bits per heavy atom. The summed E-state index contributed by atoms with van der Waals surface area (Å²) in [6.45, 7) is 5.90. The molecule has 2 rings (SSSR count). The Morgan fingerprint density at radius 1 is 1.13 bits per heavy atom. The van der Waals surface area contributed by atoms with Crippen molar-refractivity contribution in [2.45, 2.75) is 30.0 Å². The molecule has 1 aromatic rings. The Hall–Kier alpha value is -1.10. The van der Waals surface area contributed by atoms with E-state index >= 15 is 0 Å². The smallest absolute Gasteiger partial charge is 0.524 e. The van der Waals surface area contributed by atoms with Gasteiger partial charge in [0.1, 0.15) is 5.76 Å². The molecular formula is C13H15F3O4S2Si. The summed E-state index contributed by atoms with van der Waals surface area (Å²) in [6, 6.07) is 6.50. The SMILES string of the molecule is C[Si](C)(C)OC1=CC=S(OS(=O)(=O)C(F)(F)F)c2ccccc21. The van der Waals surface area contributed by atoms with Crippen LogP contribution in [0.2, 0.25) is 19.6 Å². The monoisotopic (exact) mass is 384 g/mol. The number of benzene rings is 1. The van der Waals surface area contributed by atoms with Gasteiger partial charge in [0.15, 0.2) is 0 Å². The van der Waals surface area contributed by atoms with Crippen molar-refractivity contribution in [3.8, 4) is 0 Å². The summed E-state index contributed by atoms with van der Waals surface area (Å²) >= 11 is 0. The molecule has 1 heterocycles. The predicted octanol–water partition coefficient (Wildman–Crippen LogP) is 4.10. The summed E-state index contributed by atoms with van der Waals surface area (Å²) in [7, 11) is -9.27. The molecule has 0 N–H and O–H groups in total. The second kappa shape index (κ2) is 6.08. The zero-order chi connectivity index (χ0) is 17.5. The first-order chi connectivity index (χ1) is 10.4. The molecule has 0 bridgehead atoms. The van der Waals surface area contributed by atoms with E-state index in [1.54, 1.807) is 18.2 Å². The van der Waals surface area contributed by atoms with Crippen molar-refractivity contribution in [1.29, 1.82) is 0 Å². The van der Waals surface area contributed by atoms with Crippen LogP contribution in [0.25, 0.3) is 5.76 Å². The Morgan fingerprint density at radius 2 is 1.74 bits per heavy atom. The number of halogens is 3. The lowest BCUT2D eigenvalue weighted by molar-refractivity contribution is -0.0494. The molecule has 1 atom stereocenters. The first-order valence-electron chi connectivity index (χ1n) is 6.49. The molecule has 1 aliphatic heterocycles. The van der Waals surface area contributed by atoms with Gasteiger partial charge in [0, 0.05) is 10.5 Å². The standard InChI is InChI=1S/C13H15F3O4S2Si/c1-23(2,3)19-11-8-9-21(12-7-5-4-6-10(11)12)20-22(17,18)13(14,15)16/h4-9H,1-3H3. The molecule has 4 nitrogen and oxygen atoms in total. The van der Waals surface area contributed by atoms with Crippen LogP contribution < -0.4 is 0 Å². The molecule has 0 aliphatic carbocycles. The Labute approximate surface area is 136 Å². The molecular weight excluding hydrogens is 369 g/mol. The van der Waals surface area contributed by atoms with Gasteiger partial charge in [0.25, 0.3) is 0 Å². The minimum atomic E-state index is -5.67. The van der Waals surface area contributed by atoms with E-state index in [2.05, 4.69) is 3.63 Å². The minimum Gasteiger partial charge on any atom is -0.544 e. The third-order valence-corrected chi connectivity index (χ3v) is 6.45. The number of alkyl halides is 3. The second-order valence-electron chi connectivity index (χ2n) is 5.64. The molecule has 1 aliphatic rings. The summed E-state index contributed by atoms with van der Waals surface area (Å²) in [5, 5.41) is 1.28. The van der Waals surface area contributed by atoms with Crippen molar-refractivity contribution < 1.29 is 29.6 Å². The molecule has 0 saturated heterocycles. The molecule has 23 heavy (non-hydrogen) atoms. The quantitative estimate of drug-likeness (QED) is 0.445. The van der Waals surface area contributed by atoms with E-state index in [0.717, 1.165) is 0 Å². The molecule has 0 radical (unpaired) electrons. The number of hydrogen-bond donors (Lipinski definition) is 0. The van der Waals surface area contributed by atoms with Gasteiger partial charge in [-0.25, -0.2) is 0 Å². The fraction of sp³-hybridized carbons (Fsp3) is 0.308. The number of allylic oxidation sites excluding steroid dienone is 1. The van der Waals surface area contributed by atoms with Gasteiger partial charge in [-0.15, -0.1) is 0 Å². The van der Waals surface area contributed by atoms with Crippen LogP contribution in [-0.4, -0.2) is 27.6 Å². The third-order valence-electron chi connectivity index (χ3n) is 2.57. The first-order valence-corrected chi connectivity index (χ1v) is 12.5. The van der Waals surface area contributed by atoms with E-state index in [0.29, 0.717) is 16.2 Å². The Bertz CT molecular complexity index is 777. The van der Waals surface area contributed by atoms with Crippen LogP contribution in [0.3, 0.4) is 0 Å². The van der Waals surface area contributed by atoms with Crippen LogP contribution in [0.4, 0.5) is 13.2 Å². The second-order valence-corrected chi connectivity index (χ2v) is 13.3. The van der Waals surface area contributed by atoms with E-state index in [4.69, 9.17) is 4.43 Å². The molecule has 128 valence electrons. The van der Waals surface area contributed by atoms with Crippen molar-refractivity contribution in [3.63, 3.8) is 0 Å². The van der Waals surface area contributed by atoms with Crippen molar-refractivity contribution in [1.82, 2.24) is 0 Å². The van der Waals surface area contributed by atoms with E-state index in [1.807, 2.05) is 19.6 Å². The fourth-order valence-corrected chi connectivity index (χ4v) is 5.13. The van der Waals surface area contributed by atoms with E-state index in [-0.39, 0.29) is 0 Å². The largest absolute Gasteiger partial charge is 0.544 e. The number of rotatable bonds is 4. The van der Waals surface area contributed by atoms with Crippen LogP contribution in [0, 0.1) is 0 Å². The Balaban J connectivity index is 2.45. The highest BCUT2D eigenvalue weighted by Gasteiger charge is 2.48. The highest BCUT2D eigenvalue weighted by atomic mass is 32.3. The normalized spacial score (nSPS) is 18.7. The van der Waals surface area contributed by atoms with Gasteiger partial charge in [0.2, 0.25) is 8.32 Å². The summed E-state index contributed by atoms with van der Waals surface area (Å²) in [5.41, 5.74) is -4.92. The molecule has 0 spiro atoms. The van der Waals surface area contributed by atoms with Gasteiger partial charge in [-0.05, 0) is 47.9 Å². The molecule has 1 aromatic carbocycles. The van der Waals surface area contributed by atoms with Crippen molar-refractivity contribution >= 4 is 40.3 Å². The Kier molecular flexibility index (Phi) is 4.82. The van der Waals surface area contributed by atoms with Crippen LogP contribution in [-0.2, 0) is 18.2 Å². The first kappa shape index (κ1) is 18.2. The molecule has 0 aromatic heterocycles. The topological polar surface area (TPSA) is 52.6 Å². The minimum absolute atomic E-state index is 0.344. The predicted molar refractivity (Wildman–Crippen MR) is 86.8 cm³/mol. The van der Waals surface area contributed by atoms with E-state index in [1.165, 1.54) is 17.5 Å². The third kappa shape index (κ3) is 4.25. The maximum atomic E-state index is 12.5. The van der Waals surface area contributed by atoms with Crippen LogP contribution in [0.5, 0.6) is 0 Å². The van der Waals surface area contributed by atoms with E-state index < -0.39 is 34.7 Å². The molecule has 0 saturated carbocycles. The maximum Gasteiger partial charge on any atom is 0.524 e. The lowest BCUT2D eigenvalue weighted by atomic mass is 10.2. The van der Waals surface area contributed by atoms with Gasteiger partial charge < -0.3 is 4.43 Å². The van der Waals surface area contributed by atoms with Crippen molar-refractivity contribution in [2.75, 3.05) is 0 Å². The van der Waals surface area contributed by atoms with Crippen molar-refractivity contribution in [2.24, 2.45) is 0 Å². The number of hydrogen-bond acceptors (Lipinski definition) is 4. The molecule has 10 heteroatoms. The van der Waals surface area contributed by atoms with Gasteiger partial charge in [0.05, 0.1) is 0 Å². The lowest BCUT2D eigenvalue weighted by Gasteiger charge is -2.26. The highest BCUT2D eigenvalue weighted by molar-refractivity contribution is 8.16. The van der Waals surface area contributed by atoms with Gasteiger partial charge in [-0.2, -0.15) is 25.2 Å². The van der Waals surface area contributed by atoms with Crippen LogP contribution >= 0.6 is 10.8 Å². The fourth-order valence-electron chi connectivity index (χ4n) is 1.75. The average molecular weight is 384 g/mol. The maximum absolute atomic E-state index is 12.5. The average Bonchev–Trinajstić information content (AvgIpc) is 2.39. The highest BCUT2D eigenvalue weighted by Crippen LogP contribution is 2.42. The molecule has 0 amide bonds. The summed E-state index contributed by atoms with van der Waals surface area (Å²) in [4.78, 5) is 0.344. The van der Waals surface area contributed by atoms with Gasteiger partial charge >= 0.3 is 15.6 Å². The summed E-state index contributed by atoms with van der Waals surface area (Å²) < 4.78 is 70.3. The van der Waals surface area contributed by atoms with Crippen LogP contribution in [0.15, 0.2) is 35.2 Å². The molecule has 1 unspecified atom stereocenters. The summed E-state index contributed by atoms with van der Waals surface area (Å²) in [5.74, 6) is 0.511.